The molecule has 1 unspecified atom stereocenters. The molecule has 7 heteroatoms. The van der Waals surface area contributed by atoms with Crippen molar-refractivity contribution in [2.75, 3.05) is 11.5 Å². The lowest BCUT2D eigenvalue weighted by molar-refractivity contribution is 0.480. The van der Waals surface area contributed by atoms with Crippen LogP contribution >= 0.6 is 12.2 Å². The van der Waals surface area contributed by atoms with E-state index in [0.717, 1.165) is 0 Å². The molecule has 1 N–H and O–H groups in total. The van der Waals surface area contributed by atoms with Crippen LogP contribution in [0.25, 0.3) is 0 Å². The number of hydrogen-bond acceptors (Lipinski definition) is 4. The van der Waals surface area contributed by atoms with Gasteiger partial charge < -0.3 is 4.57 Å². The standard InChI is InChI=1S/C9H12N2O3S2/c12-8-1-3-11(9(15)10-8)5-7-2-4-16(13,14)6-7/h1,3,7H,2,4-6H2,(H,10,12,15). The molecule has 1 atom stereocenters. The van der Waals surface area contributed by atoms with E-state index in [1.54, 1.807) is 10.8 Å². The number of H-pyrrole nitrogens is 1. The first-order chi connectivity index (χ1) is 7.46. The van der Waals surface area contributed by atoms with Gasteiger partial charge in [-0.3, -0.25) is 9.78 Å². The van der Waals surface area contributed by atoms with Crippen LogP contribution in [0.2, 0.25) is 0 Å². The molecule has 0 aliphatic carbocycles. The molecule has 88 valence electrons. The van der Waals surface area contributed by atoms with Gasteiger partial charge in [-0.25, -0.2) is 8.42 Å². The number of hydrogen-bond donors (Lipinski definition) is 1. The average Bonchev–Trinajstić information content (AvgIpc) is 2.51. The number of aromatic nitrogens is 2. The van der Waals surface area contributed by atoms with Crippen LogP contribution in [-0.4, -0.2) is 29.5 Å². The summed E-state index contributed by atoms with van der Waals surface area (Å²) in [5, 5.41) is 0. The Kier molecular flexibility index (Phi) is 2.98. The van der Waals surface area contributed by atoms with Gasteiger partial charge in [-0.2, -0.15) is 0 Å². The van der Waals surface area contributed by atoms with E-state index in [9.17, 15) is 13.2 Å². The normalized spacial score (nSPS) is 23.4. The van der Waals surface area contributed by atoms with E-state index >= 15 is 0 Å². The highest BCUT2D eigenvalue weighted by Gasteiger charge is 2.27. The number of nitrogens with zero attached hydrogens (tertiary/aromatic N) is 1. The molecule has 2 rings (SSSR count). The van der Waals surface area contributed by atoms with Gasteiger partial charge in [0.2, 0.25) is 0 Å². The molecular formula is C9H12N2O3S2. The molecule has 0 aromatic carbocycles. The summed E-state index contributed by atoms with van der Waals surface area (Å²) in [7, 11) is -2.86. The minimum atomic E-state index is -2.86. The molecule has 0 bridgehead atoms. The van der Waals surface area contributed by atoms with Crippen molar-refractivity contribution in [2.45, 2.75) is 13.0 Å². The molecule has 0 amide bonds. The summed E-state index contributed by atoms with van der Waals surface area (Å²) in [4.78, 5) is 13.5. The molecule has 5 nitrogen and oxygen atoms in total. The van der Waals surface area contributed by atoms with Crippen molar-refractivity contribution < 1.29 is 8.42 Å². The SMILES string of the molecule is O=c1ccn(CC2CCS(=O)(=O)C2)c(=S)[nH]1. The van der Waals surface area contributed by atoms with E-state index in [0.29, 0.717) is 17.7 Å². The lowest BCUT2D eigenvalue weighted by Gasteiger charge is -2.10. The molecule has 1 saturated heterocycles. The summed E-state index contributed by atoms with van der Waals surface area (Å²) >= 11 is 4.99. The predicted molar refractivity (Wildman–Crippen MR) is 62.6 cm³/mol. The van der Waals surface area contributed by atoms with E-state index in [1.807, 2.05) is 0 Å². The molecule has 1 aliphatic heterocycles. The van der Waals surface area contributed by atoms with Crippen LogP contribution in [-0.2, 0) is 16.4 Å². The highest BCUT2D eigenvalue weighted by molar-refractivity contribution is 7.91. The topological polar surface area (TPSA) is 71.9 Å². The van der Waals surface area contributed by atoms with Crippen molar-refractivity contribution in [3.8, 4) is 0 Å². The smallest absolute Gasteiger partial charge is 0.251 e. The lowest BCUT2D eigenvalue weighted by Crippen LogP contribution is -2.17. The van der Waals surface area contributed by atoms with Gasteiger partial charge in [0.05, 0.1) is 11.5 Å². The third-order valence-electron chi connectivity index (χ3n) is 2.68. The molecule has 0 saturated carbocycles. The summed E-state index contributed by atoms with van der Waals surface area (Å²) < 4.78 is 24.6. The molecule has 1 aliphatic rings. The van der Waals surface area contributed by atoms with E-state index in [-0.39, 0.29) is 23.0 Å². The Bertz CT molecular complexity index is 600. The number of aromatic amines is 1. The van der Waals surface area contributed by atoms with Crippen molar-refractivity contribution in [3.05, 3.63) is 27.4 Å². The zero-order valence-corrected chi connectivity index (χ0v) is 10.2. The van der Waals surface area contributed by atoms with Crippen molar-refractivity contribution in [1.82, 2.24) is 9.55 Å². The minimum absolute atomic E-state index is 0.0996. The fourth-order valence-corrected chi connectivity index (χ4v) is 3.97. The summed E-state index contributed by atoms with van der Waals surface area (Å²) in [6.45, 7) is 0.550. The third-order valence-corrected chi connectivity index (χ3v) is 4.85. The van der Waals surface area contributed by atoms with E-state index in [1.165, 1.54) is 6.07 Å². The minimum Gasteiger partial charge on any atom is -0.325 e. The van der Waals surface area contributed by atoms with Crippen LogP contribution in [0.3, 0.4) is 0 Å². The summed E-state index contributed by atoms with van der Waals surface area (Å²) in [5.74, 6) is 0.574. The number of rotatable bonds is 2. The Balaban J connectivity index is 2.17. The molecule has 2 heterocycles. The van der Waals surface area contributed by atoms with Gasteiger partial charge in [0.15, 0.2) is 14.6 Å². The van der Waals surface area contributed by atoms with Gasteiger partial charge in [0.1, 0.15) is 0 Å². The summed E-state index contributed by atoms with van der Waals surface area (Å²) in [6, 6.07) is 1.39. The first-order valence-electron chi connectivity index (χ1n) is 4.96. The van der Waals surface area contributed by atoms with Crippen molar-refractivity contribution in [2.24, 2.45) is 5.92 Å². The van der Waals surface area contributed by atoms with Gasteiger partial charge in [0.25, 0.3) is 5.56 Å². The Morgan fingerprint density at radius 2 is 2.31 bits per heavy atom. The molecular weight excluding hydrogens is 248 g/mol. The largest absolute Gasteiger partial charge is 0.325 e. The number of sulfone groups is 1. The monoisotopic (exact) mass is 260 g/mol. The second kappa shape index (κ2) is 4.14. The van der Waals surface area contributed by atoms with Gasteiger partial charge >= 0.3 is 0 Å². The molecule has 0 radical (unpaired) electrons. The molecule has 1 aromatic rings. The maximum Gasteiger partial charge on any atom is 0.251 e. The van der Waals surface area contributed by atoms with E-state index in [4.69, 9.17) is 12.2 Å². The maximum absolute atomic E-state index is 11.3. The zero-order valence-electron chi connectivity index (χ0n) is 8.55. The van der Waals surface area contributed by atoms with Gasteiger partial charge in [-0.1, -0.05) is 0 Å². The Morgan fingerprint density at radius 1 is 1.56 bits per heavy atom. The number of nitrogens with one attached hydrogen (secondary N) is 1. The van der Waals surface area contributed by atoms with Crippen LogP contribution in [0.1, 0.15) is 6.42 Å². The third kappa shape index (κ3) is 2.59. The summed E-state index contributed by atoms with van der Waals surface area (Å²) in [6.07, 6.45) is 2.27. The van der Waals surface area contributed by atoms with Crippen LogP contribution in [0.4, 0.5) is 0 Å². The van der Waals surface area contributed by atoms with Crippen LogP contribution < -0.4 is 5.56 Å². The Morgan fingerprint density at radius 3 is 2.88 bits per heavy atom. The van der Waals surface area contributed by atoms with Gasteiger partial charge in [-0.15, -0.1) is 0 Å². The molecule has 1 fully saturated rings. The average molecular weight is 260 g/mol. The van der Waals surface area contributed by atoms with Crippen molar-refractivity contribution in [3.63, 3.8) is 0 Å². The highest BCUT2D eigenvalue weighted by atomic mass is 32.2. The Labute approximate surface area is 98.0 Å². The van der Waals surface area contributed by atoms with Gasteiger partial charge in [0, 0.05) is 18.8 Å². The maximum atomic E-state index is 11.3. The van der Waals surface area contributed by atoms with Crippen molar-refractivity contribution >= 4 is 22.1 Å². The first kappa shape index (κ1) is 11.5. The van der Waals surface area contributed by atoms with Crippen molar-refractivity contribution in [1.29, 1.82) is 0 Å². The zero-order chi connectivity index (χ0) is 11.8. The van der Waals surface area contributed by atoms with Crippen LogP contribution in [0, 0.1) is 10.7 Å². The fraction of sp³-hybridized carbons (Fsp3) is 0.556. The second-order valence-corrected chi connectivity index (χ2v) is 6.65. The molecule has 1 aromatic heterocycles. The highest BCUT2D eigenvalue weighted by Crippen LogP contribution is 2.19. The summed E-state index contributed by atoms with van der Waals surface area (Å²) in [5.41, 5.74) is -0.236. The molecule has 16 heavy (non-hydrogen) atoms. The fourth-order valence-electron chi connectivity index (χ4n) is 1.88. The second-order valence-electron chi connectivity index (χ2n) is 4.03. The lowest BCUT2D eigenvalue weighted by atomic mass is 10.1. The van der Waals surface area contributed by atoms with Gasteiger partial charge in [-0.05, 0) is 24.6 Å². The van der Waals surface area contributed by atoms with E-state index < -0.39 is 9.84 Å². The predicted octanol–water partition coefficient (Wildman–Crippen LogP) is 0.341. The van der Waals surface area contributed by atoms with Crippen LogP contribution in [0.15, 0.2) is 17.1 Å². The van der Waals surface area contributed by atoms with Crippen LogP contribution in [0.5, 0.6) is 0 Å². The van der Waals surface area contributed by atoms with E-state index in [2.05, 4.69) is 4.98 Å². The Hall–Kier alpha value is -0.950. The molecule has 0 spiro atoms. The first-order valence-corrected chi connectivity index (χ1v) is 7.19. The quantitative estimate of drug-likeness (QED) is 0.778.